The Balaban J connectivity index is 2.27. The minimum Gasteiger partial charge on any atom is -0.331 e. The van der Waals surface area contributed by atoms with Crippen molar-refractivity contribution in [2.24, 2.45) is 0 Å². The van der Waals surface area contributed by atoms with Gasteiger partial charge in [0.2, 0.25) is 0 Å². The van der Waals surface area contributed by atoms with Crippen molar-refractivity contribution in [1.29, 1.82) is 0 Å². The van der Waals surface area contributed by atoms with E-state index in [4.69, 9.17) is 23.2 Å². The predicted octanol–water partition coefficient (Wildman–Crippen LogP) is 4.03. The molecule has 1 aromatic carbocycles. The van der Waals surface area contributed by atoms with Gasteiger partial charge < -0.3 is 10.2 Å². The van der Waals surface area contributed by atoms with Crippen LogP contribution in [0.15, 0.2) is 24.3 Å². The Hall–Kier alpha value is -0.930. The van der Waals surface area contributed by atoms with E-state index in [1.54, 1.807) is 14.1 Å². The van der Waals surface area contributed by atoms with Crippen molar-refractivity contribution in [2.75, 3.05) is 14.1 Å². The van der Waals surface area contributed by atoms with Gasteiger partial charge in [-0.3, -0.25) is 0 Å². The molecular formula is C16H22Cl2N2O. The summed E-state index contributed by atoms with van der Waals surface area (Å²) in [4.78, 5) is 13.4. The molecule has 0 heterocycles. The van der Waals surface area contributed by atoms with Crippen LogP contribution in [0.1, 0.15) is 38.3 Å². The molecule has 0 bridgehead atoms. The first kappa shape index (κ1) is 16.4. The zero-order valence-electron chi connectivity index (χ0n) is 13.1. The molecule has 2 rings (SSSR count). The van der Waals surface area contributed by atoms with Crippen LogP contribution in [-0.4, -0.2) is 29.4 Å². The molecule has 2 amide bonds. The average molecular weight is 329 g/mol. The lowest BCUT2D eigenvalue weighted by Crippen LogP contribution is -2.46. The van der Waals surface area contributed by atoms with Gasteiger partial charge in [-0.2, -0.15) is 0 Å². The zero-order valence-corrected chi connectivity index (χ0v) is 14.6. The fraction of sp³-hybridized carbons (Fsp3) is 0.562. The summed E-state index contributed by atoms with van der Waals surface area (Å²) in [5.41, 5.74) is 1.46. The highest BCUT2D eigenvalue weighted by molar-refractivity contribution is 6.52. The summed E-state index contributed by atoms with van der Waals surface area (Å²) in [5, 5.41) is 3.01. The van der Waals surface area contributed by atoms with Gasteiger partial charge in [-0.25, -0.2) is 4.79 Å². The molecule has 0 aromatic heterocycles. The van der Waals surface area contributed by atoms with Crippen LogP contribution >= 0.6 is 23.2 Å². The molecule has 1 unspecified atom stereocenters. The molecule has 1 fully saturated rings. The van der Waals surface area contributed by atoms with Crippen LogP contribution in [0.2, 0.25) is 0 Å². The zero-order chi connectivity index (χ0) is 16.1. The van der Waals surface area contributed by atoms with Gasteiger partial charge in [0.15, 0.2) is 0 Å². The minimum absolute atomic E-state index is 0.118. The number of urea groups is 1. The lowest BCUT2D eigenvalue weighted by molar-refractivity contribution is 0.205. The highest BCUT2D eigenvalue weighted by Gasteiger charge is 2.63. The highest BCUT2D eigenvalue weighted by Crippen LogP contribution is 2.64. The number of carbonyl (C=O) groups excluding carboxylic acids is 1. The molecule has 3 nitrogen and oxygen atoms in total. The summed E-state index contributed by atoms with van der Waals surface area (Å²) in [7, 11) is 3.45. The van der Waals surface area contributed by atoms with Gasteiger partial charge in [0.1, 0.15) is 4.33 Å². The first-order chi connectivity index (χ1) is 9.49. The number of hydrogen-bond acceptors (Lipinski definition) is 1. The topological polar surface area (TPSA) is 32.3 Å². The molecule has 1 saturated carbocycles. The second-order valence-electron chi connectivity index (χ2n) is 6.74. The number of nitrogens with zero attached hydrogens (tertiary/aromatic N) is 1. The van der Waals surface area contributed by atoms with Crippen molar-refractivity contribution in [2.45, 2.75) is 42.5 Å². The Morgan fingerprint density at radius 3 is 2.38 bits per heavy atom. The van der Waals surface area contributed by atoms with Gasteiger partial charge in [0.25, 0.3) is 0 Å². The lowest BCUT2D eigenvalue weighted by Gasteiger charge is -2.29. The van der Waals surface area contributed by atoms with Crippen LogP contribution < -0.4 is 5.32 Å². The van der Waals surface area contributed by atoms with E-state index in [1.165, 1.54) is 4.90 Å². The fourth-order valence-electron chi connectivity index (χ4n) is 2.42. The van der Waals surface area contributed by atoms with Crippen LogP contribution in [0.3, 0.4) is 0 Å². The summed E-state index contributed by atoms with van der Waals surface area (Å²) >= 11 is 12.5. The van der Waals surface area contributed by atoms with E-state index in [0.717, 1.165) is 17.5 Å². The van der Waals surface area contributed by atoms with Gasteiger partial charge in [-0.05, 0) is 31.4 Å². The quantitative estimate of drug-likeness (QED) is 0.835. The molecule has 21 heavy (non-hydrogen) atoms. The number of rotatable bonds is 3. The van der Waals surface area contributed by atoms with E-state index in [-0.39, 0.29) is 11.4 Å². The molecular weight excluding hydrogens is 307 g/mol. The number of alkyl halides is 2. The van der Waals surface area contributed by atoms with Crippen LogP contribution in [0.25, 0.3) is 0 Å². The molecule has 1 aliphatic rings. The molecule has 0 aliphatic heterocycles. The Kier molecular flexibility index (Phi) is 3.96. The number of hydrogen-bond donors (Lipinski definition) is 1. The summed E-state index contributed by atoms with van der Waals surface area (Å²) in [6.07, 6.45) is 0.747. The molecule has 1 aromatic rings. The minimum atomic E-state index is -0.692. The normalized spacial score (nSPS) is 23.6. The third kappa shape index (κ3) is 3.00. The fourth-order valence-corrected chi connectivity index (χ4v) is 3.17. The number of benzene rings is 1. The van der Waals surface area contributed by atoms with Gasteiger partial charge in [-0.1, -0.05) is 31.2 Å². The van der Waals surface area contributed by atoms with Crippen molar-refractivity contribution < 1.29 is 4.79 Å². The Labute approximate surface area is 136 Å². The Morgan fingerprint density at radius 2 is 1.90 bits per heavy atom. The van der Waals surface area contributed by atoms with Crippen LogP contribution in [0, 0.1) is 0 Å². The van der Waals surface area contributed by atoms with Crippen molar-refractivity contribution in [3.05, 3.63) is 35.4 Å². The molecule has 1 aliphatic carbocycles. The van der Waals surface area contributed by atoms with Crippen LogP contribution in [-0.2, 0) is 11.0 Å². The summed E-state index contributed by atoms with van der Waals surface area (Å²) in [6, 6.07) is 8.01. The van der Waals surface area contributed by atoms with E-state index in [0.29, 0.717) is 0 Å². The second-order valence-corrected chi connectivity index (χ2v) is 8.23. The number of halogens is 2. The maximum absolute atomic E-state index is 11.9. The number of amides is 2. The monoisotopic (exact) mass is 328 g/mol. The SMILES string of the molecule is CN(C)C(=O)NC(C)(C)c1cccc(C2(C)CC2(Cl)Cl)c1. The number of carbonyl (C=O) groups is 1. The van der Waals surface area contributed by atoms with Gasteiger partial charge >= 0.3 is 6.03 Å². The second kappa shape index (κ2) is 5.06. The van der Waals surface area contributed by atoms with E-state index >= 15 is 0 Å². The summed E-state index contributed by atoms with van der Waals surface area (Å²) in [5.74, 6) is 0. The van der Waals surface area contributed by atoms with Gasteiger partial charge in [0.05, 0.1) is 5.54 Å². The van der Waals surface area contributed by atoms with E-state index < -0.39 is 9.87 Å². The lowest BCUT2D eigenvalue weighted by atomic mass is 9.89. The summed E-state index contributed by atoms with van der Waals surface area (Å²) < 4.78 is -0.692. The smallest absolute Gasteiger partial charge is 0.317 e. The first-order valence-electron chi connectivity index (χ1n) is 6.98. The Morgan fingerprint density at radius 1 is 1.33 bits per heavy atom. The average Bonchev–Trinajstić information content (AvgIpc) is 2.89. The molecule has 1 N–H and O–H groups in total. The molecule has 116 valence electrons. The van der Waals surface area contributed by atoms with E-state index in [9.17, 15) is 4.79 Å². The van der Waals surface area contributed by atoms with E-state index in [1.807, 2.05) is 32.0 Å². The third-order valence-electron chi connectivity index (χ3n) is 4.30. The maximum atomic E-state index is 11.9. The first-order valence-corrected chi connectivity index (χ1v) is 7.73. The van der Waals surface area contributed by atoms with E-state index in [2.05, 4.69) is 18.3 Å². The van der Waals surface area contributed by atoms with Crippen molar-refractivity contribution >= 4 is 29.2 Å². The number of nitrogens with one attached hydrogen (secondary N) is 1. The Bertz CT molecular complexity index is 569. The third-order valence-corrected chi connectivity index (χ3v) is 5.41. The highest BCUT2D eigenvalue weighted by atomic mass is 35.5. The molecule has 1 atom stereocenters. The molecule has 5 heteroatoms. The largest absolute Gasteiger partial charge is 0.331 e. The van der Waals surface area contributed by atoms with Crippen molar-refractivity contribution in [3.63, 3.8) is 0 Å². The van der Waals surface area contributed by atoms with Crippen molar-refractivity contribution in [1.82, 2.24) is 10.2 Å². The molecule has 0 saturated heterocycles. The maximum Gasteiger partial charge on any atom is 0.317 e. The molecule has 0 spiro atoms. The van der Waals surface area contributed by atoms with Crippen LogP contribution in [0.5, 0.6) is 0 Å². The standard InChI is InChI=1S/C16H22Cl2N2O/c1-14(2,19-13(21)20(4)5)11-7-6-8-12(9-11)15(3)10-16(15,17)18/h6-9H,10H2,1-5H3,(H,19,21). The summed E-state index contributed by atoms with van der Waals surface area (Å²) in [6.45, 7) is 6.03. The van der Waals surface area contributed by atoms with Crippen molar-refractivity contribution in [3.8, 4) is 0 Å². The predicted molar refractivity (Wildman–Crippen MR) is 88.1 cm³/mol. The molecule has 0 radical (unpaired) electrons. The van der Waals surface area contributed by atoms with Gasteiger partial charge in [0, 0.05) is 19.5 Å². The van der Waals surface area contributed by atoms with Gasteiger partial charge in [-0.15, -0.1) is 23.2 Å². The van der Waals surface area contributed by atoms with Crippen LogP contribution in [0.4, 0.5) is 4.79 Å².